The molecule has 0 saturated heterocycles. The third-order valence-corrected chi connectivity index (χ3v) is 2.11. The van der Waals surface area contributed by atoms with Crippen LogP contribution in [0.2, 0.25) is 0 Å². The monoisotopic (exact) mass is 234 g/mol. The van der Waals surface area contributed by atoms with E-state index in [0.29, 0.717) is 18.4 Å². The molecule has 0 aliphatic heterocycles. The molecule has 2 aromatic heterocycles. The second-order valence-corrected chi connectivity index (χ2v) is 3.39. The van der Waals surface area contributed by atoms with Crippen molar-refractivity contribution in [1.82, 2.24) is 25.1 Å². The number of ether oxygens (including phenoxy) is 1. The molecule has 0 spiro atoms. The molecule has 7 heteroatoms. The first kappa shape index (κ1) is 11.3. The molecule has 7 nitrogen and oxygen atoms in total. The average Bonchev–Trinajstić information content (AvgIpc) is 2.83. The van der Waals surface area contributed by atoms with E-state index in [2.05, 4.69) is 30.5 Å². The van der Waals surface area contributed by atoms with E-state index in [1.165, 1.54) is 6.33 Å². The maximum absolute atomic E-state index is 5.29. The van der Waals surface area contributed by atoms with Crippen molar-refractivity contribution in [2.24, 2.45) is 0 Å². The molecule has 0 aromatic carbocycles. The lowest BCUT2D eigenvalue weighted by Gasteiger charge is -2.11. The third-order valence-electron chi connectivity index (χ3n) is 2.11. The number of aromatic nitrogens is 5. The number of rotatable bonds is 5. The summed E-state index contributed by atoms with van der Waals surface area (Å²) in [4.78, 5) is 12.4. The van der Waals surface area contributed by atoms with Crippen LogP contribution >= 0.6 is 0 Å². The van der Waals surface area contributed by atoms with Gasteiger partial charge in [0, 0.05) is 12.3 Å². The number of nitrogens with zero attached hydrogens (tertiary/aromatic N) is 4. The van der Waals surface area contributed by atoms with Crippen molar-refractivity contribution in [2.45, 2.75) is 19.9 Å². The molecule has 0 saturated carbocycles. The van der Waals surface area contributed by atoms with Crippen LogP contribution in [0.3, 0.4) is 0 Å². The molecule has 1 unspecified atom stereocenters. The van der Waals surface area contributed by atoms with Gasteiger partial charge in [0.2, 0.25) is 11.8 Å². The minimum Gasteiger partial charge on any atom is -0.478 e. The van der Waals surface area contributed by atoms with E-state index in [9.17, 15) is 0 Å². The van der Waals surface area contributed by atoms with E-state index in [1.807, 2.05) is 13.8 Å². The highest BCUT2D eigenvalue weighted by Gasteiger charge is 2.09. The maximum Gasteiger partial charge on any atom is 0.226 e. The zero-order valence-corrected chi connectivity index (χ0v) is 9.71. The molecule has 0 aliphatic rings. The number of anilines is 1. The van der Waals surface area contributed by atoms with Crippen molar-refractivity contribution in [1.29, 1.82) is 0 Å². The molecule has 2 heterocycles. The fourth-order valence-corrected chi connectivity index (χ4v) is 1.33. The summed E-state index contributed by atoms with van der Waals surface area (Å²) >= 11 is 0. The molecule has 2 N–H and O–H groups in total. The second kappa shape index (κ2) is 5.24. The molecular formula is C10H14N6O. The van der Waals surface area contributed by atoms with Crippen LogP contribution in [-0.2, 0) is 0 Å². The van der Waals surface area contributed by atoms with Gasteiger partial charge in [-0.15, -0.1) is 0 Å². The highest BCUT2D eigenvalue weighted by molar-refractivity contribution is 5.29. The number of aromatic amines is 1. The molecule has 0 amide bonds. The lowest BCUT2D eigenvalue weighted by atomic mass is 10.3. The number of H-pyrrole nitrogens is 1. The number of hydrogen-bond acceptors (Lipinski definition) is 6. The van der Waals surface area contributed by atoms with Crippen molar-refractivity contribution >= 4 is 5.95 Å². The number of nitrogens with one attached hydrogen (secondary N) is 2. The van der Waals surface area contributed by atoms with Gasteiger partial charge in [-0.3, -0.25) is 5.10 Å². The molecule has 0 bridgehead atoms. The molecule has 17 heavy (non-hydrogen) atoms. The highest BCUT2D eigenvalue weighted by Crippen LogP contribution is 2.14. The Balaban J connectivity index is 2.05. The van der Waals surface area contributed by atoms with E-state index < -0.39 is 0 Å². The average molecular weight is 234 g/mol. The van der Waals surface area contributed by atoms with Gasteiger partial charge in [0.05, 0.1) is 12.6 Å². The van der Waals surface area contributed by atoms with Crippen LogP contribution in [0.25, 0.3) is 0 Å². The summed E-state index contributed by atoms with van der Waals surface area (Å²) in [6.07, 6.45) is 3.11. The topological polar surface area (TPSA) is 88.6 Å². The zero-order valence-electron chi connectivity index (χ0n) is 9.71. The van der Waals surface area contributed by atoms with Crippen molar-refractivity contribution in [3.8, 4) is 5.88 Å². The molecule has 1 atom stereocenters. The smallest absolute Gasteiger partial charge is 0.226 e. The largest absolute Gasteiger partial charge is 0.478 e. The minimum absolute atomic E-state index is 0.0469. The lowest BCUT2D eigenvalue weighted by Crippen LogP contribution is -2.11. The summed E-state index contributed by atoms with van der Waals surface area (Å²) in [7, 11) is 0. The van der Waals surface area contributed by atoms with Crippen LogP contribution in [0.5, 0.6) is 5.88 Å². The molecule has 0 radical (unpaired) electrons. The summed E-state index contributed by atoms with van der Waals surface area (Å²) in [5, 5.41) is 9.68. The normalized spacial score (nSPS) is 12.1. The van der Waals surface area contributed by atoms with Gasteiger partial charge in [-0.05, 0) is 13.8 Å². The van der Waals surface area contributed by atoms with E-state index in [0.717, 1.165) is 5.82 Å². The molecular weight excluding hydrogens is 220 g/mol. The first-order chi connectivity index (χ1) is 8.29. The fraction of sp³-hybridized carbons (Fsp3) is 0.400. The Hall–Kier alpha value is -2.18. The quantitative estimate of drug-likeness (QED) is 0.807. The van der Waals surface area contributed by atoms with E-state index >= 15 is 0 Å². The van der Waals surface area contributed by atoms with Gasteiger partial charge in [-0.2, -0.15) is 10.1 Å². The Morgan fingerprint density at radius 3 is 3.06 bits per heavy atom. The van der Waals surface area contributed by atoms with Gasteiger partial charge in [-0.1, -0.05) is 0 Å². The summed E-state index contributed by atoms with van der Waals surface area (Å²) in [5.74, 6) is 1.78. The SMILES string of the molecule is CCOc1ccnc(NC(C)c2ncn[nH]2)n1. The Morgan fingerprint density at radius 1 is 1.47 bits per heavy atom. The Kier molecular flexibility index (Phi) is 3.49. The first-order valence-corrected chi connectivity index (χ1v) is 5.37. The van der Waals surface area contributed by atoms with Crippen LogP contribution in [0, 0.1) is 0 Å². The van der Waals surface area contributed by atoms with E-state index in [1.54, 1.807) is 12.3 Å². The summed E-state index contributed by atoms with van der Waals surface area (Å²) in [5.41, 5.74) is 0. The van der Waals surface area contributed by atoms with Crippen LogP contribution in [0.4, 0.5) is 5.95 Å². The van der Waals surface area contributed by atoms with Gasteiger partial charge in [0.1, 0.15) is 12.2 Å². The van der Waals surface area contributed by atoms with Crippen molar-refractivity contribution in [3.63, 3.8) is 0 Å². The van der Waals surface area contributed by atoms with Crippen LogP contribution in [0.1, 0.15) is 25.7 Å². The minimum atomic E-state index is -0.0469. The molecule has 0 fully saturated rings. The van der Waals surface area contributed by atoms with Crippen molar-refractivity contribution < 1.29 is 4.74 Å². The lowest BCUT2D eigenvalue weighted by molar-refractivity contribution is 0.326. The van der Waals surface area contributed by atoms with Crippen LogP contribution in [0.15, 0.2) is 18.6 Å². The highest BCUT2D eigenvalue weighted by atomic mass is 16.5. The molecule has 90 valence electrons. The first-order valence-electron chi connectivity index (χ1n) is 5.37. The number of hydrogen-bond donors (Lipinski definition) is 2. The summed E-state index contributed by atoms with van der Waals surface area (Å²) in [6, 6.07) is 1.67. The predicted molar refractivity (Wildman–Crippen MR) is 61.6 cm³/mol. The van der Waals surface area contributed by atoms with E-state index in [-0.39, 0.29) is 6.04 Å². The Labute approximate surface area is 98.7 Å². The van der Waals surface area contributed by atoms with Crippen molar-refractivity contribution in [3.05, 3.63) is 24.4 Å². The van der Waals surface area contributed by atoms with Gasteiger partial charge < -0.3 is 10.1 Å². The fourth-order valence-electron chi connectivity index (χ4n) is 1.33. The molecule has 2 rings (SSSR count). The van der Waals surface area contributed by atoms with Crippen LogP contribution < -0.4 is 10.1 Å². The summed E-state index contributed by atoms with van der Waals surface area (Å²) < 4.78 is 5.29. The standard InChI is InChI=1S/C10H14N6O/c1-3-17-8-4-5-11-10(15-8)14-7(2)9-12-6-13-16-9/h4-7H,3H2,1-2H3,(H,11,14,15)(H,12,13,16). The van der Waals surface area contributed by atoms with Gasteiger partial charge in [0.25, 0.3) is 0 Å². The zero-order chi connectivity index (χ0) is 12.1. The second-order valence-electron chi connectivity index (χ2n) is 3.39. The Morgan fingerprint density at radius 2 is 2.35 bits per heavy atom. The Bertz CT molecular complexity index is 458. The van der Waals surface area contributed by atoms with Crippen molar-refractivity contribution in [2.75, 3.05) is 11.9 Å². The predicted octanol–water partition coefficient (Wildman–Crippen LogP) is 1.17. The van der Waals surface area contributed by atoms with E-state index in [4.69, 9.17) is 4.74 Å². The van der Waals surface area contributed by atoms with Gasteiger partial charge in [-0.25, -0.2) is 9.97 Å². The maximum atomic E-state index is 5.29. The molecule has 0 aliphatic carbocycles. The van der Waals surface area contributed by atoms with Crippen LogP contribution in [-0.4, -0.2) is 31.8 Å². The third kappa shape index (κ3) is 2.90. The van der Waals surface area contributed by atoms with Gasteiger partial charge >= 0.3 is 0 Å². The summed E-state index contributed by atoms with van der Waals surface area (Å²) in [6.45, 7) is 4.43. The molecule has 2 aromatic rings. The van der Waals surface area contributed by atoms with Gasteiger partial charge in [0.15, 0.2) is 0 Å².